The van der Waals surface area contributed by atoms with Gasteiger partial charge >= 0.3 is 5.97 Å². The molecule has 2 amide bonds. The maximum atomic E-state index is 12.3. The van der Waals surface area contributed by atoms with Gasteiger partial charge in [-0.1, -0.05) is 30.3 Å². The van der Waals surface area contributed by atoms with Crippen molar-refractivity contribution in [1.82, 2.24) is 10.2 Å². The molecule has 1 aliphatic rings. The van der Waals surface area contributed by atoms with Crippen LogP contribution >= 0.6 is 0 Å². The zero-order chi connectivity index (χ0) is 19.4. The van der Waals surface area contributed by atoms with Gasteiger partial charge < -0.3 is 20.1 Å². The van der Waals surface area contributed by atoms with E-state index in [1.165, 1.54) is 4.90 Å². The monoisotopic (exact) mass is 368 g/mol. The predicted octanol–water partition coefficient (Wildman–Crippen LogP) is 1.98. The number of carboxylic acids is 1. The lowest BCUT2D eigenvalue weighted by Gasteiger charge is -2.19. The third-order valence-electron chi connectivity index (χ3n) is 4.35. The molecule has 140 valence electrons. The minimum atomic E-state index is -1.04. The lowest BCUT2D eigenvalue weighted by molar-refractivity contribution is -0.139. The number of carbonyl (C=O) groups excluding carboxylic acids is 2. The lowest BCUT2D eigenvalue weighted by Crippen LogP contribution is -2.38. The molecule has 0 radical (unpaired) electrons. The topological polar surface area (TPSA) is 95.9 Å². The fraction of sp³-hybridized carbons (Fsp3) is 0.250. The van der Waals surface area contributed by atoms with Gasteiger partial charge in [-0.25, -0.2) is 4.79 Å². The van der Waals surface area contributed by atoms with Crippen LogP contribution in [0.1, 0.15) is 34.5 Å². The number of rotatable bonds is 7. The average Bonchev–Trinajstić information content (AvgIpc) is 2.96. The molecule has 0 bridgehead atoms. The molecule has 0 spiro atoms. The number of benzene rings is 2. The van der Waals surface area contributed by atoms with Gasteiger partial charge in [-0.05, 0) is 36.2 Å². The van der Waals surface area contributed by atoms with E-state index in [-0.39, 0.29) is 24.4 Å². The summed E-state index contributed by atoms with van der Waals surface area (Å²) in [6.07, 6.45) is 0. The normalized spacial score (nSPS) is 13.8. The standard InChI is InChI=1S/C20H20N2O5/c1-13(14-6-8-16(9-7-14)27-12-19(24)25)21-18(23)11-22-10-15-4-2-3-5-17(15)20(22)26/h2-9,13H,10-12H2,1H3,(H,21,23)(H,24,25). The van der Waals surface area contributed by atoms with Crippen molar-refractivity contribution in [3.05, 3.63) is 65.2 Å². The molecule has 0 saturated carbocycles. The third-order valence-corrected chi connectivity index (χ3v) is 4.35. The molecular formula is C20H20N2O5. The van der Waals surface area contributed by atoms with E-state index in [0.29, 0.717) is 17.9 Å². The molecular weight excluding hydrogens is 348 g/mol. The quantitative estimate of drug-likeness (QED) is 0.779. The molecule has 2 aromatic carbocycles. The van der Waals surface area contributed by atoms with Gasteiger partial charge in [0.2, 0.25) is 5.91 Å². The summed E-state index contributed by atoms with van der Waals surface area (Å²) in [7, 11) is 0. The summed E-state index contributed by atoms with van der Waals surface area (Å²) in [6, 6.07) is 13.9. The molecule has 27 heavy (non-hydrogen) atoms. The van der Waals surface area contributed by atoms with Crippen LogP contribution in [-0.4, -0.2) is 40.9 Å². The van der Waals surface area contributed by atoms with Crippen LogP contribution in [0.3, 0.4) is 0 Å². The van der Waals surface area contributed by atoms with Crippen LogP contribution in [0.5, 0.6) is 5.75 Å². The summed E-state index contributed by atoms with van der Waals surface area (Å²) >= 11 is 0. The zero-order valence-corrected chi connectivity index (χ0v) is 14.8. The molecule has 1 unspecified atom stereocenters. The molecule has 0 saturated heterocycles. The summed E-state index contributed by atoms with van der Waals surface area (Å²) in [6.45, 7) is 1.87. The minimum Gasteiger partial charge on any atom is -0.482 e. The molecule has 1 atom stereocenters. The molecule has 0 aromatic heterocycles. The predicted molar refractivity (Wildman–Crippen MR) is 97.3 cm³/mol. The smallest absolute Gasteiger partial charge is 0.341 e. The number of nitrogens with zero attached hydrogens (tertiary/aromatic N) is 1. The van der Waals surface area contributed by atoms with Gasteiger partial charge in [-0.3, -0.25) is 9.59 Å². The van der Waals surface area contributed by atoms with Crippen molar-refractivity contribution in [3.63, 3.8) is 0 Å². The first-order valence-electron chi connectivity index (χ1n) is 8.55. The van der Waals surface area contributed by atoms with Crippen LogP contribution in [0.4, 0.5) is 0 Å². The van der Waals surface area contributed by atoms with Crippen molar-refractivity contribution in [1.29, 1.82) is 0 Å². The van der Waals surface area contributed by atoms with E-state index in [2.05, 4.69) is 5.32 Å². The number of ether oxygens (including phenoxy) is 1. The second kappa shape index (κ2) is 7.90. The van der Waals surface area contributed by atoms with Crippen LogP contribution < -0.4 is 10.1 Å². The molecule has 3 rings (SSSR count). The van der Waals surface area contributed by atoms with Crippen molar-refractivity contribution in [2.75, 3.05) is 13.2 Å². The molecule has 7 nitrogen and oxygen atoms in total. The molecule has 0 aliphatic carbocycles. The first-order chi connectivity index (χ1) is 12.9. The number of aliphatic carboxylic acids is 1. The summed E-state index contributed by atoms with van der Waals surface area (Å²) < 4.78 is 5.08. The van der Waals surface area contributed by atoms with Crippen molar-refractivity contribution in [3.8, 4) is 5.75 Å². The Bertz CT molecular complexity index is 863. The Kier molecular flexibility index (Phi) is 5.40. The maximum Gasteiger partial charge on any atom is 0.341 e. The number of hydrogen-bond donors (Lipinski definition) is 2. The third kappa shape index (κ3) is 4.44. The van der Waals surface area contributed by atoms with E-state index in [9.17, 15) is 14.4 Å². The second-order valence-electron chi connectivity index (χ2n) is 6.36. The Morgan fingerprint density at radius 2 is 1.89 bits per heavy atom. The Hall–Kier alpha value is -3.35. The second-order valence-corrected chi connectivity index (χ2v) is 6.36. The highest BCUT2D eigenvalue weighted by Crippen LogP contribution is 2.22. The molecule has 2 N–H and O–H groups in total. The van der Waals surface area contributed by atoms with Crippen molar-refractivity contribution >= 4 is 17.8 Å². The highest BCUT2D eigenvalue weighted by Gasteiger charge is 2.28. The molecule has 0 fully saturated rings. The number of hydrogen-bond acceptors (Lipinski definition) is 4. The van der Waals surface area contributed by atoms with E-state index in [1.807, 2.05) is 25.1 Å². The highest BCUT2D eigenvalue weighted by atomic mass is 16.5. The van der Waals surface area contributed by atoms with Gasteiger partial charge in [-0.2, -0.15) is 0 Å². The van der Waals surface area contributed by atoms with Gasteiger partial charge in [0.25, 0.3) is 5.91 Å². The van der Waals surface area contributed by atoms with Gasteiger partial charge in [0.1, 0.15) is 12.3 Å². The van der Waals surface area contributed by atoms with E-state index >= 15 is 0 Å². The molecule has 7 heteroatoms. The van der Waals surface area contributed by atoms with Crippen molar-refractivity contribution in [2.45, 2.75) is 19.5 Å². The number of amides is 2. The number of carbonyl (C=O) groups is 3. The first-order valence-corrected chi connectivity index (χ1v) is 8.55. The summed E-state index contributed by atoms with van der Waals surface area (Å²) in [5.41, 5.74) is 2.43. The first kappa shape index (κ1) is 18.4. The summed E-state index contributed by atoms with van der Waals surface area (Å²) in [5.74, 6) is -0.971. The average molecular weight is 368 g/mol. The van der Waals surface area contributed by atoms with Crippen molar-refractivity contribution in [2.24, 2.45) is 0 Å². The Balaban J connectivity index is 1.54. The molecule has 2 aromatic rings. The largest absolute Gasteiger partial charge is 0.482 e. The Morgan fingerprint density at radius 3 is 2.56 bits per heavy atom. The van der Waals surface area contributed by atoms with Crippen LogP contribution in [0, 0.1) is 0 Å². The number of carboxylic acid groups (broad SMARTS) is 1. The number of nitrogens with one attached hydrogen (secondary N) is 1. The fourth-order valence-electron chi connectivity index (χ4n) is 2.98. The number of fused-ring (bicyclic) bond motifs is 1. The highest BCUT2D eigenvalue weighted by molar-refractivity contribution is 6.00. The van der Waals surface area contributed by atoms with E-state index in [0.717, 1.165) is 11.1 Å². The Labute approximate surface area is 156 Å². The zero-order valence-electron chi connectivity index (χ0n) is 14.8. The van der Waals surface area contributed by atoms with Crippen LogP contribution in [-0.2, 0) is 16.1 Å². The van der Waals surface area contributed by atoms with E-state index in [4.69, 9.17) is 9.84 Å². The van der Waals surface area contributed by atoms with Gasteiger partial charge in [0.05, 0.1) is 6.04 Å². The molecule has 1 heterocycles. The summed E-state index contributed by atoms with van der Waals surface area (Å²) in [5, 5.41) is 11.5. The summed E-state index contributed by atoms with van der Waals surface area (Å²) in [4.78, 5) is 36.7. The lowest BCUT2D eigenvalue weighted by atomic mass is 10.1. The minimum absolute atomic E-state index is 0.00232. The van der Waals surface area contributed by atoms with E-state index < -0.39 is 12.6 Å². The van der Waals surface area contributed by atoms with Crippen molar-refractivity contribution < 1.29 is 24.2 Å². The maximum absolute atomic E-state index is 12.3. The molecule has 1 aliphatic heterocycles. The van der Waals surface area contributed by atoms with E-state index in [1.54, 1.807) is 30.3 Å². The van der Waals surface area contributed by atoms with Crippen LogP contribution in [0.15, 0.2) is 48.5 Å². The van der Waals surface area contributed by atoms with Gasteiger partial charge in [0.15, 0.2) is 6.61 Å². The van der Waals surface area contributed by atoms with Crippen LogP contribution in [0.25, 0.3) is 0 Å². The van der Waals surface area contributed by atoms with Gasteiger partial charge in [0, 0.05) is 12.1 Å². The Morgan fingerprint density at radius 1 is 1.19 bits per heavy atom. The van der Waals surface area contributed by atoms with Gasteiger partial charge in [-0.15, -0.1) is 0 Å². The fourth-order valence-corrected chi connectivity index (χ4v) is 2.98. The SMILES string of the molecule is CC(NC(=O)CN1Cc2ccccc2C1=O)c1ccc(OCC(=O)O)cc1. The van der Waals surface area contributed by atoms with Crippen LogP contribution in [0.2, 0.25) is 0 Å².